The van der Waals surface area contributed by atoms with Gasteiger partial charge in [-0.25, -0.2) is 0 Å². The maximum Gasteiger partial charge on any atom is 0.240 e. The summed E-state index contributed by atoms with van der Waals surface area (Å²) in [6, 6.07) is 3.74. The fourth-order valence-corrected chi connectivity index (χ4v) is 3.06. The Labute approximate surface area is 140 Å². The van der Waals surface area contributed by atoms with Crippen molar-refractivity contribution in [3.8, 4) is 11.5 Å². The Morgan fingerprint density at radius 3 is 2.74 bits per heavy atom. The number of nitrogens with one attached hydrogen (secondary N) is 1. The lowest BCUT2D eigenvalue weighted by Gasteiger charge is -2.31. The molecule has 1 aromatic carbocycles. The highest BCUT2D eigenvalue weighted by molar-refractivity contribution is 6.32. The minimum absolute atomic E-state index is 0.121. The average Bonchev–Trinajstić information content (AvgIpc) is 2.55. The van der Waals surface area contributed by atoms with Gasteiger partial charge < -0.3 is 25.3 Å². The molecular weight excluding hydrogens is 320 g/mol. The summed E-state index contributed by atoms with van der Waals surface area (Å²) < 4.78 is 16.3. The summed E-state index contributed by atoms with van der Waals surface area (Å²) in [5.41, 5.74) is 6.31. The molecule has 0 atom stereocenters. The number of carbonyl (C=O) groups is 1. The van der Waals surface area contributed by atoms with Crippen molar-refractivity contribution in [1.29, 1.82) is 0 Å². The zero-order valence-corrected chi connectivity index (χ0v) is 13.7. The number of fused-ring (bicyclic) bond motifs is 1. The van der Waals surface area contributed by atoms with Gasteiger partial charge in [-0.15, -0.1) is 0 Å². The molecule has 1 amide bonds. The number of benzene rings is 1. The topological polar surface area (TPSA) is 82.8 Å². The van der Waals surface area contributed by atoms with E-state index in [-0.39, 0.29) is 5.91 Å². The van der Waals surface area contributed by atoms with Crippen molar-refractivity contribution in [2.24, 2.45) is 5.73 Å². The Balaban J connectivity index is 1.56. The molecule has 1 saturated heterocycles. The first-order valence-electron chi connectivity index (χ1n) is 7.81. The van der Waals surface area contributed by atoms with Crippen LogP contribution in [0.2, 0.25) is 5.02 Å². The summed E-state index contributed by atoms with van der Waals surface area (Å²) in [6.07, 6.45) is 1.75. The van der Waals surface area contributed by atoms with Gasteiger partial charge in [-0.1, -0.05) is 11.6 Å². The third-order valence-corrected chi connectivity index (χ3v) is 4.47. The van der Waals surface area contributed by atoms with E-state index in [0.29, 0.717) is 68.8 Å². The van der Waals surface area contributed by atoms with Crippen molar-refractivity contribution in [3.05, 3.63) is 22.7 Å². The second-order valence-electron chi connectivity index (χ2n) is 5.88. The maximum absolute atomic E-state index is 12.2. The predicted octanol–water partition coefficient (Wildman–Crippen LogP) is 1.28. The van der Waals surface area contributed by atoms with Crippen LogP contribution in [-0.2, 0) is 16.0 Å². The summed E-state index contributed by atoms with van der Waals surface area (Å²) >= 11 is 6.21. The molecule has 0 radical (unpaired) electrons. The van der Waals surface area contributed by atoms with Crippen molar-refractivity contribution in [2.45, 2.75) is 24.8 Å². The Kier molecular flexibility index (Phi) is 4.94. The predicted molar refractivity (Wildman–Crippen MR) is 86.1 cm³/mol. The molecule has 23 heavy (non-hydrogen) atoms. The number of carbonyl (C=O) groups excluding carboxylic acids is 1. The fourth-order valence-electron chi connectivity index (χ4n) is 2.77. The Morgan fingerprint density at radius 1 is 1.22 bits per heavy atom. The molecule has 126 valence electrons. The Hall–Kier alpha value is -1.50. The summed E-state index contributed by atoms with van der Waals surface area (Å²) in [5, 5.41) is 3.44. The van der Waals surface area contributed by atoms with Gasteiger partial charge in [-0.2, -0.15) is 0 Å². The number of rotatable bonds is 4. The molecule has 0 aromatic heterocycles. The van der Waals surface area contributed by atoms with E-state index in [4.69, 9.17) is 31.5 Å². The van der Waals surface area contributed by atoms with E-state index in [1.165, 1.54) is 0 Å². The van der Waals surface area contributed by atoms with Crippen LogP contribution < -0.4 is 20.5 Å². The summed E-state index contributed by atoms with van der Waals surface area (Å²) in [5.74, 6) is 1.13. The lowest BCUT2D eigenvalue weighted by Crippen LogP contribution is -2.57. The van der Waals surface area contributed by atoms with E-state index < -0.39 is 5.54 Å². The van der Waals surface area contributed by atoms with Gasteiger partial charge in [-0.3, -0.25) is 4.79 Å². The third-order valence-electron chi connectivity index (χ3n) is 4.19. The molecule has 0 spiro atoms. The fraction of sp³-hybridized carbons (Fsp3) is 0.562. The first kappa shape index (κ1) is 16.4. The molecule has 2 heterocycles. The van der Waals surface area contributed by atoms with Crippen LogP contribution >= 0.6 is 11.6 Å². The van der Waals surface area contributed by atoms with Crippen LogP contribution in [0.1, 0.15) is 18.4 Å². The van der Waals surface area contributed by atoms with E-state index in [1.807, 2.05) is 12.1 Å². The highest BCUT2D eigenvalue weighted by Gasteiger charge is 2.35. The van der Waals surface area contributed by atoms with E-state index in [1.54, 1.807) is 0 Å². The smallest absolute Gasteiger partial charge is 0.240 e. The third kappa shape index (κ3) is 3.71. The molecule has 1 fully saturated rings. The normalized spacial score (nSPS) is 19.2. The number of amides is 1. The molecule has 2 aliphatic rings. The zero-order valence-electron chi connectivity index (χ0n) is 12.9. The van der Waals surface area contributed by atoms with Gasteiger partial charge in [0.25, 0.3) is 0 Å². The minimum atomic E-state index is -0.817. The number of halogens is 1. The van der Waals surface area contributed by atoms with Gasteiger partial charge in [0.2, 0.25) is 5.91 Å². The van der Waals surface area contributed by atoms with Crippen molar-refractivity contribution in [2.75, 3.05) is 33.0 Å². The monoisotopic (exact) mass is 340 g/mol. The summed E-state index contributed by atoms with van der Waals surface area (Å²) in [4.78, 5) is 12.2. The van der Waals surface area contributed by atoms with E-state index >= 15 is 0 Å². The largest absolute Gasteiger partial charge is 0.486 e. The summed E-state index contributed by atoms with van der Waals surface area (Å²) in [6.45, 7) is 2.57. The summed E-state index contributed by atoms with van der Waals surface area (Å²) in [7, 11) is 0. The SMILES string of the molecule is NC1(C(=O)NCCc2cc(Cl)c3c(c2)OCCO3)CCOCC1. The first-order chi connectivity index (χ1) is 11.1. The number of nitrogens with two attached hydrogens (primary N) is 1. The van der Waals surface area contributed by atoms with Crippen LogP contribution in [0.5, 0.6) is 11.5 Å². The van der Waals surface area contributed by atoms with Crippen LogP contribution in [0.3, 0.4) is 0 Å². The van der Waals surface area contributed by atoms with Crippen molar-refractivity contribution < 1.29 is 19.0 Å². The standard InChI is InChI=1S/C16H21ClN2O4/c17-12-9-11(10-13-14(12)23-8-7-22-13)1-4-19-15(20)16(18)2-5-21-6-3-16/h9-10H,1-8,18H2,(H,19,20). The Bertz CT molecular complexity index is 588. The van der Waals surface area contributed by atoms with Crippen molar-refractivity contribution >= 4 is 17.5 Å². The van der Waals surface area contributed by atoms with Crippen LogP contribution in [0.25, 0.3) is 0 Å². The lowest BCUT2D eigenvalue weighted by molar-refractivity contribution is -0.129. The Morgan fingerprint density at radius 2 is 1.96 bits per heavy atom. The molecule has 7 heteroatoms. The van der Waals surface area contributed by atoms with Gasteiger partial charge in [0.1, 0.15) is 13.2 Å². The lowest BCUT2D eigenvalue weighted by atomic mass is 9.90. The van der Waals surface area contributed by atoms with Crippen LogP contribution in [0.15, 0.2) is 12.1 Å². The maximum atomic E-state index is 12.2. The first-order valence-corrected chi connectivity index (χ1v) is 8.19. The number of hydrogen-bond donors (Lipinski definition) is 2. The second-order valence-corrected chi connectivity index (χ2v) is 6.28. The van der Waals surface area contributed by atoms with E-state index in [9.17, 15) is 4.79 Å². The quantitative estimate of drug-likeness (QED) is 0.862. The van der Waals surface area contributed by atoms with Gasteiger partial charge in [-0.05, 0) is 37.0 Å². The molecule has 1 aromatic rings. The molecule has 0 unspecified atom stereocenters. The zero-order chi connectivity index (χ0) is 16.3. The van der Waals surface area contributed by atoms with E-state index in [2.05, 4.69) is 5.32 Å². The second kappa shape index (κ2) is 6.95. The van der Waals surface area contributed by atoms with Crippen molar-refractivity contribution in [3.63, 3.8) is 0 Å². The van der Waals surface area contributed by atoms with Crippen LogP contribution in [0, 0.1) is 0 Å². The highest BCUT2D eigenvalue weighted by atomic mass is 35.5. The molecule has 0 aliphatic carbocycles. The molecule has 3 rings (SSSR count). The molecular formula is C16H21ClN2O4. The molecule has 2 aliphatic heterocycles. The molecule has 0 saturated carbocycles. The van der Waals surface area contributed by atoms with Crippen LogP contribution in [-0.4, -0.2) is 44.4 Å². The van der Waals surface area contributed by atoms with Gasteiger partial charge in [0.15, 0.2) is 11.5 Å². The number of hydrogen-bond acceptors (Lipinski definition) is 5. The highest BCUT2D eigenvalue weighted by Crippen LogP contribution is 2.38. The molecule has 0 bridgehead atoms. The molecule has 3 N–H and O–H groups in total. The van der Waals surface area contributed by atoms with Gasteiger partial charge >= 0.3 is 0 Å². The van der Waals surface area contributed by atoms with Gasteiger partial charge in [0.05, 0.1) is 10.6 Å². The number of ether oxygens (including phenoxy) is 3. The van der Waals surface area contributed by atoms with Crippen molar-refractivity contribution in [1.82, 2.24) is 5.32 Å². The minimum Gasteiger partial charge on any atom is -0.486 e. The van der Waals surface area contributed by atoms with E-state index in [0.717, 1.165) is 5.56 Å². The van der Waals surface area contributed by atoms with Crippen LogP contribution in [0.4, 0.5) is 0 Å². The molecule has 6 nitrogen and oxygen atoms in total. The van der Waals surface area contributed by atoms with Gasteiger partial charge in [0, 0.05) is 19.8 Å². The average molecular weight is 341 g/mol.